The number of rotatable bonds is 4. The maximum atomic E-state index is 12.2. The van der Waals surface area contributed by atoms with Crippen molar-refractivity contribution in [1.29, 1.82) is 0 Å². The summed E-state index contributed by atoms with van der Waals surface area (Å²) in [6.45, 7) is 2.53. The number of nitrogens with two attached hydrogens (primary N) is 1. The van der Waals surface area contributed by atoms with Crippen LogP contribution in [0.15, 0.2) is 22.6 Å². The molecule has 0 saturated carbocycles. The number of piperidine rings is 1. The maximum absolute atomic E-state index is 12.2. The molecular weight excluding hydrogens is 256 g/mol. The van der Waals surface area contributed by atoms with E-state index in [1.165, 1.54) is 6.08 Å². The first-order valence-corrected chi connectivity index (χ1v) is 6.89. The zero-order valence-corrected chi connectivity index (χ0v) is 11.7. The number of carbonyl (C=O) groups is 2. The van der Waals surface area contributed by atoms with E-state index in [4.69, 9.17) is 10.2 Å². The predicted molar refractivity (Wildman–Crippen MR) is 75.6 cm³/mol. The molecule has 1 aliphatic rings. The lowest BCUT2D eigenvalue weighted by atomic mass is 9.99. The molecule has 5 heteroatoms. The van der Waals surface area contributed by atoms with Crippen LogP contribution in [0.1, 0.15) is 37.2 Å². The Morgan fingerprint density at radius 2 is 2.25 bits per heavy atom. The van der Waals surface area contributed by atoms with Gasteiger partial charge in [0.2, 0.25) is 11.8 Å². The van der Waals surface area contributed by atoms with Crippen LogP contribution in [0.4, 0.5) is 0 Å². The highest BCUT2D eigenvalue weighted by Gasteiger charge is 2.26. The van der Waals surface area contributed by atoms with Gasteiger partial charge in [-0.3, -0.25) is 9.59 Å². The minimum atomic E-state index is -0.361. The fraction of sp³-hybridized carbons (Fsp3) is 0.467. The Kier molecular flexibility index (Phi) is 4.61. The molecule has 0 aliphatic carbocycles. The lowest BCUT2D eigenvalue weighted by Gasteiger charge is -2.34. The van der Waals surface area contributed by atoms with Crippen molar-refractivity contribution in [2.24, 2.45) is 5.73 Å². The highest BCUT2D eigenvalue weighted by atomic mass is 16.3. The monoisotopic (exact) mass is 276 g/mol. The Hall–Kier alpha value is -2.04. The van der Waals surface area contributed by atoms with Crippen LogP contribution >= 0.6 is 0 Å². The van der Waals surface area contributed by atoms with E-state index >= 15 is 0 Å². The van der Waals surface area contributed by atoms with Gasteiger partial charge in [0.15, 0.2) is 0 Å². The highest BCUT2D eigenvalue weighted by Crippen LogP contribution is 2.20. The van der Waals surface area contributed by atoms with Crippen LogP contribution in [0, 0.1) is 6.92 Å². The minimum Gasteiger partial charge on any atom is -0.462 e. The van der Waals surface area contributed by atoms with Crippen molar-refractivity contribution in [2.75, 3.05) is 6.54 Å². The number of likely N-dealkylation sites (tertiary alicyclic amines) is 1. The molecule has 0 aromatic carbocycles. The summed E-state index contributed by atoms with van der Waals surface area (Å²) in [4.78, 5) is 25.0. The molecule has 0 spiro atoms. The lowest BCUT2D eigenvalue weighted by Crippen LogP contribution is -2.44. The number of primary amides is 1. The summed E-state index contributed by atoms with van der Waals surface area (Å²) in [7, 11) is 0. The first kappa shape index (κ1) is 14.4. The van der Waals surface area contributed by atoms with Gasteiger partial charge in [-0.15, -0.1) is 0 Å². The third-order valence-electron chi connectivity index (χ3n) is 3.50. The number of aryl methyl sites for hydroxylation is 1. The molecular formula is C15H20N2O3. The van der Waals surface area contributed by atoms with Crippen LogP contribution < -0.4 is 5.73 Å². The van der Waals surface area contributed by atoms with E-state index in [1.807, 2.05) is 19.1 Å². The second kappa shape index (κ2) is 6.41. The van der Waals surface area contributed by atoms with Gasteiger partial charge in [-0.2, -0.15) is 0 Å². The fourth-order valence-electron chi connectivity index (χ4n) is 2.53. The Balaban J connectivity index is 2.02. The SMILES string of the molecule is Cc1ccc(C=CC(=O)N2CCCCC2CC(N)=O)o1. The third kappa shape index (κ3) is 3.73. The van der Waals surface area contributed by atoms with E-state index in [0.717, 1.165) is 25.0 Å². The molecule has 2 amide bonds. The van der Waals surface area contributed by atoms with Crippen molar-refractivity contribution in [3.8, 4) is 0 Å². The van der Waals surface area contributed by atoms with E-state index < -0.39 is 0 Å². The van der Waals surface area contributed by atoms with Gasteiger partial charge in [-0.05, 0) is 44.4 Å². The van der Waals surface area contributed by atoms with Crippen molar-refractivity contribution < 1.29 is 14.0 Å². The number of amides is 2. The molecule has 1 aromatic heterocycles. The lowest BCUT2D eigenvalue weighted by molar-refractivity contribution is -0.130. The van der Waals surface area contributed by atoms with Gasteiger partial charge in [0, 0.05) is 25.1 Å². The topological polar surface area (TPSA) is 76.5 Å². The molecule has 2 N–H and O–H groups in total. The standard InChI is InChI=1S/C15H20N2O3/c1-11-5-6-13(20-11)7-8-15(19)17-9-3-2-4-12(17)10-14(16)18/h5-8,12H,2-4,9-10H2,1H3,(H2,16,18). The summed E-state index contributed by atoms with van der Waals surface area (Å²) in [6, 6.07) is 3.59. The number of nitrogens with zero attached hydrogens (tertiary/aromatic N) is 1. The third-order valence-corrected chi connectivity index (χ3v) is 3.50. The quantitative estimate of drug-likeness (QED) is 0.853. The van der Waals surface area contributed by atoms with Gasteiger partial charge in [-0.25, -0.2) is 0 Å². The second-order valence-electron chi connectivity index (χ2n) is 5.13. The van der Waals surface area contributed by atoms with Crippen LogP contribution in [0.2, 0.25) is 0 Å². The van der Waals surface area contributed by atoms with E-state index in [9.17, 15) is 9.59 Å². The molecule has 1 aliphatic heterocycles. The van der Waals surface area contributed by atoms with Crippen molar-refractivity contribution in [1.82, 2.24) is 4.90 Å². The summed E-state index contributed by atoms with van der Waals surface area (Å²) in [5.41, 5.74) is 5.24. The maximum Gasteiger partial charge on any atom is 0.246 e. The Labute approximate surface area is 118 Å². The van der Waals surface area contributed by atoms with Gasteiger partial charge < -0.3 is 15.1 Å². The molecule has 5 nitrogen and oxygen atoms in total. The van der Waals surface area contributed by atoms with Crippen LogP contribution in [-0.2, 0) is 9.59 Å². The highest BCUT2D eigenvalue weighted by molar-refractivity contribution is 5.92. The molecule has 1 fully saturated rings. The zero-order chi connectivity index (χ0) is 14.5. The van der Waals surface area contributed by atoms with Crippen LogP contribution in [0.3, 0.4) is 0 Å². The van der Waals surface area contributed by atoms with E-state index in [-0.39, 0.29) is 24.3 Å². The molecule has 2 heterocycles. The molecule has 0 radical (unpaired) electrons. The van der Waals surface area contributed by atoms with Gasteiger partial charge >= 0.3 is 0 Å². The Morgan fingerprint density at radius 3 is 2.90 bits per heavy atom. The molecule has 1 atom stereocenters. The van der Waals surface area contributed by atoms with Gasteiger partial charge in [0.25, 0.3) is 0 Å². The number of hydrogen-bond acceptors (Lipinski definition) is 3. The Morgan fingerprint density at radius 1 is 1.45 bits per heavy atom. The molecule has 0 bridgehead atoms. The Bertz CT molecular complexity index is 519. The predicted octanol–water partition coefficient (Wildman–Crippen LogP) is 1.86. The van der Waals surface area contributed by atoms with Crippen molar-refractivity contribution >= 4 is 17.9 Å². The van der Waals surface area contributed by atoms with E-state index in [0.29, 0.717) is 12.3 Å². The van der Waals surface area contributed by atoms with Gasteiger partial charge in [0.05, 0.1) is 0 Å². The van der Waals surface area contributed by atoms with Crippen LogP contribution in [-0.4, -0.2) is 29.3 Å². The van der Waals surface area contributed by atoms with Gasteiger partial charge in [0.1, 0.15) is 11.5 Å². The normalized spacial score (nSPS) is 19.4. The van der Waals surface area contributed by atoms with E-state index in [1.54, 1.807) is 11.0 Å². The first-order chi connectivity index (χ1) is 9.56. The summed E-state index contributed by atoms with van der Waals surface area (Å²) in [6.07, 6.45) is 6.22. The second-order valence-corrected chi connectivity index (χ2v) is 5.13. The number of hydrogen-bond donors (Lipinski definition) is 1. The molecule has 1 unspecified atom stereocenters. The summed E-state index contributed by atoms with van der Waals surface area (Å²) < 4.78 is 5.38. The van der Waals surface area contributed by atoms with Crippen LogP contribution in [0.25, 0.3) is 6.08 Å². The molecule has 1 saturated heterocycles. The van der Waals surface area contributed by atoms with Crippen LogP contribution in [0.5, 0.6) is 0 Å². The molecule has 1 aromatic rings. The fourth-order valence-corrected chi connectivity index (χ4v) is 2.53. The number of furan rings is 1. The molecule has 108 valence electrons. The summed E-state index contributed by atoms with van der Waals surface area (Å²) >= 11 is 0. The van der Waals surface area contributed by atoms with Crippen molar-refractivity contribution in [2.45, 2.75) is 38.6 Å². The summed E-state index contributed by atoms with van der Waals surface area (Å²) in [5, 5.41) is 0. The van der Waals surface area contributed by atoms with Crippen molar-refractivity contribution in [3.63, 3.8) is 0 Å². The molecule has 2 rings (SSSR count). The number of carbonyl (C=O) groups excluding carboxylic acids is 2. The zero-order valence-electron chi connectivity index (χ0n) is 11.7. The first-order valence-electron chi connectivity index (χ1n) is 6.89. The smallest absolute Gasteiger partial charge is 0.246 e. The van der Waals surface area contributed by atoms with Gasteiger partial charge in [-0.1, -0.05) is 0 Å². The minimum absolute atomic E-state index is 0.0725. The molecule has 20 heavy (non-hydrogen) atoms. The largest absolute Gasteiger partial charge is 0.462 e. The average molecular weight is 276 g/mol. The average Bonchev–Trinajstić information content (AvgIpc) is 2.82. The summed E-state index contributed by atoms with van der Waals surface area (Å²) in [5.74, 6) is 1.01. The van der Waals surface area contributed by atoms with E-state index in [2.05, 4.69) is 0 Å². The van der Waals surface area contributed by atoms with Crippen molar-refractivity contribution in [3.05, 3.63) is 29.7 Å².